The average Bonchev–Trinajstić information content (AvgIpc) is 3.25. The predicted octanol–water partition coefficient (Wildman–Crippen LogP) is 10.3. The lowest BCUT2D eigenvalue weighted by molar-refractivity contribution is -0.162. The minimum absolute atomic E-state index is 0.0269. The number of unbranched alkanes of at least 4 members (excludes halogenated alkanes) is 21. The summed E-state index contributed by atoms with van der Waals surface area (Å²) in [6.07, 6.45) is 34.0. The van der Waals surface area contributed by atoms with Crippen LogP contribution in [0.2, 0.25) is 0 Å². The summed E-state index contributed by atoms with van der Waals surface area (Å²) in [5.74, 6) is 3.08. The Morgan fingerprint density at radius 1 is 0.574 bits per heavy atom. The van der Waals surface area contributed by atoms with Crippen molar-refractivity contribution in [1.29, 1.82) is 0 Å². The van der Waals surface area contributed by atoms with Crippen LogP contribution in [0.3, 0.4) is 0 Å². The molecule has 61 heavy (non-hydrogen) atoms. The first kappa shape index (κ1) is 58.2. The Morgan fingerprint density at radius 2 is 1.08 bits per heavy atom. The third-order valence-corrected chi connectivity index (χ3v) is 11.6. The summed E-state index contributed by atoms with van der Waals surface area (Å²) in [6, 6.07) is 0. The van der Waals surface area contributed by atoms with Crippen molar-refractivity contribution in [2.24, 2.45) is 0 Å². The van der Waals surface area contributed by atoms with Gasteiger partial charge in [-0.15, -0.1) is 12.3 Å². The van der Waals surface area contributed by atoms with Crippen LogP contribution in [0.1, 0.15) is 207 Å². The maximum absolute atomic E-state index is 12.7. The first-order valence-corrected chi connectivity index (χ1v) is 25.7. The lowest BCUT2D eigenvalue weighted by Gasteiger charge is -2.22. The molecule has 1 unspecified atom stereocenters. The number of esters is 2. The fourth-order valence-corrected chi connectivity index (χ4v) is 7.73. The molecular weight excluding hydrogens is 791 g/mol. The Kier molecular flexibility index (Phi) is 43.2. The van der Waals surface area contributed by atoms with Crippen LogP contribution in [0, 0.1) is 12.3 Å². The standard InChI is InChI=1S/C49H89N3O8S/c1-5-9-12-14-16-18-20-22-24-26-29-32-48(56)59-43-44(60-49(57)33-30-27-25-23-21-19-17-15-13-10-6-2)42-58-39-36-51-46(54)34-40-61-41-38-52(47(55)8-4)37-35-50-45(53)31-28-11-7-3/h3,44H,5-6,8-43H2,1-2,4H3,(H,50,53)(H,51,54). The molecule has 0 fully saturated rings. The summed E-state index contributed by atoms with van der Waals surface area (Å²) in [5.41, 5.74) is 0. The Bertz CT molecular complexity index is 1130. The number of amides is 3. The van der Waals surface area contributed by atoms with E-state index in [4.69, 9.17) is 20.6 Å². The van der Waals surface area contributed by atoms with Crippen molar-refractivity contribution in [3.63, 3.8) is 0 Å². The molecule has 0 aliphatic rings. The van der Waals surface area contributed by atoms with Gasteiger partial charge in [0.1, 0.15) is 6.61 Å². The van der Waals surface area contributed by atoms with Crippen LogP contribution < -0.4 is 10.6 Å². The molecule has 0 aromatic rings. The lowest BCUT2D eigenvalue weighted by Crippen LogP contribution is -2.39. The van der Waals surface area contributed by atoms with Crippen molar-refractivity contribution in [2.75, 3.05) is 57.5 Å². The Balaban J connectivity index is 4.51. The molecule has 0 spiro atoms. The first-order valence-electron chi connectivity index (χ1n) is 24.5. The van der Waals surface area contributed by atoms with E-state index in [1.807, 2.05) is 6.92 Å². The van der Waals surface area contributed by atoms with Gasteiger partial charge in [-0.05, 0) is 19.3 Å². The molecule has 0 aliphatic heterocycles. The molecule has 0 bridgehead atoms. The van der Waals surface area contributed by atoms with Crippen LogP contribution in [-0.4, -0.2) is 98.2 Å². The van der Waals surface area contributed by atoms with Crippen molar-refractivity contribution in [3.8, 4) is 12.3 Å². The monoisotopic (exact) mass is 880 g/mol. The highest BCUT2D eigenvalue weighted by Crippen LogP contribution is 2.14. The van der Waals surface area contributed by atoms with Crippen molar-refractivity contribution in [2.45, 2.75) is 213 Å². The van der Waals surface area contributed by atoms with Crippen molar-refractivity contribution >= 4 is 41.4 Å². The highest BCUT2D eigenvalue weighted by Gasteiger charge is 2.18. The summed E-state index contributed by atoms with van der Waals surface area (Å²) in [7, 11) is 0. The van der Waals surface area contributed by atoms with E-state index >= 15 is 0 Å². The number of terminal acetylenes is 1. The van der Waals surface area contributed by atoms with E-state index in [9.17, 15) is 24.0 Å². The number of carbonyl (C=O) groups excluding carboxylic acids is 5. The van der Waals surface area contributed by atoms with Crippen LogP contribution in [-0.2, 0) is 38.2 Å². The minimum atomic E-state index is -0.706. The summed E-state index contributed by atoms with van der Waals surface area (Å²) in [4.78, 5) is 63.8. The van der Waals surface area contributed by atoms with Gasteiger partial charge in [0.2, 0.25) is 17.7 Å². The molecule has 1 atom stereocenters. The van der Waals surface area contributed by atoms with Gasteiger partial charge < -0.3 is 29.7 Å². The number of nitrogens with one attached hydrogen (secondary N) is 2. The van der Waals surface area contributed by atoms with E-state index in [0.717, 1.165) is 38.5 Å². The van der Waals surface area contributed by atoms with Gasteiger partial charge in [-0.25, -0.2) is 0 Å². The SMILES string of the molecule is C#CCCCC(=O)NCCN(CCSCCC(=O)NCCOCC(COC(=O)CCCCCCCCCCCCC)OC(=O)CCCCCCCCCCCCC)C(=O)CC. The molecule has 2 N–H and O–H groups in total. The molecule has 11 nitrogen and oxygen atoms in total. The number of carbonyl (C=O) groups is 5. The summed E-state index contributed by atoms with van der Waals surface area (Å²) < 4.78 is 17.0. The summed E-state index contributed by atoms with van der Waals surface area (Å²) in [5, 5.41) is 5.71. The average molecular weight is 880 g/mol. The van der Waals surface area contributed by atoms with Crippen LogP contribution in [0.15, 0.2) is 0 Å². The summed E-state index contributed by atoms with van der Waals surface area (Å²) in [6.45, 7) is 8.23. The zero-order valence-electron chi connectivity index (χ0n) is 39.1. The lowest BCUT2D eigenvalue weighted by atomic mass is 10.1. The molecule has 0 aromatic carbocycles. The second kappa shape index (κ2) is 45.3. The van der Waals surface area contributed by atoms with Gasteiger partial charge in [-0.2, -0.15) is 11.8 Å². The Hall–Kier alpha value is -2.78. The van der Waals surface area contributed by atoms with Crippen LogP contribution in [0.4, 0.5) is 0 Å². The number of hydrogen-bond donors (Lipinski definition) is 2. The highest BCUT2D eigenvalue weighted by molar-refractivity contribution is 7.99. The smallest absolute Gasteiger partial charge is 0.306 e. The van der Waals surface area contributed by atoms with Crippen molar-refractivity contribution < 1.29 is 38.2 Å². The normalized spacial score (nSPS) is 11.4. The fraction of sp³-hybridized carbons (Fsp3) is 0.857. The number of thioether (sulfide) groups is 1. The molecule has 3 amide bonds. The fourth-order valence-electron chi connectivity index (χ4n) is 6.85. The van der Waals surface area contributed by atoms with Gasteiger partial charge in [-0.1, -0.05) is 149 Å². The van der Waals surface area contributed by atoms with Crippen LogP contribution >= 0.6 is 11.8 Å². The van der Waals surface area contributed by atoms with Gasteiger partial charge in [0.05, 0.1) is 13.2 Å². The Morgan fingerprint density at radius 3 is 1.62 bits per heavy atom. The quantitative estimate of drug-likeness (QED) is 0.0348. The van der Waals surface area contributed by atoms with Crippen molar-refractivity contribution in [3.05, 3.63) is 0 Å². The zero-order chi connectivity index (χ0) is 44.9. The molecule has 12 heteroatoms. The largest absolute Gasteiger partial charge is 0.462 e. The zero-order valence-corrected chi connectivity index (χ0v) is 40.0. The number of ether oxygens (including phenoxy) is 3. The van der Waals surface area contributed by atoms with Crippen LogP contribution in [0.25, 0.3) is 0 Å². The van der Waals surface area contributed by atoms with E-state index in [0.29, 0.717) is 82.6 Å². The van der Waals surface area contributed by atoms with Gasteiger partial charge in [0.25, 0.3) is 0 Å². The number of nitrogens with zero attached hydrogens (tertiary/aromatic N) is 1. The first-order chi connectivity index (χ1) is 29.8. The number of hydrogen-bond acceptors (Lipinski definition) is 9. The third kappa shape index (κ3) is 41.0. The third-order valence-electron chi connectivity index (χ3n) is 10.6. The minimum Gasteiger partial charge on any atom is -0.462 e. The predicted molar refractivity (Wildman–Crippen MR) is 251 cm³/mol. The summed E-state index contributed by atoms with van der Waals surface area (Å²) >= 11 is 1.60. The van der Waals surface area contributed by atoms with Gasteiger partial charge in [0, 0.05) is 76.2 Å². The van der Waals surface area contributed by atoms with E-state index in [1.165, 1.54) is 103 Å². The van der Waals surface area contributed by atoms with E-state index < -0.39 is 6.10 Å². The van der Waals surface area contributed by atoms with E-state index in [1.54, 1.807) is 16.7 Å². The molecule has 0 heterocycles. The molecule has 0 saturated heterocycles. The molecule has 0 rings (SSSR count). The topological polar surface area (TPSA) is 140 Å². The second-order valence-corrected chi connectivity index (χ2v) is 17.5. The molecule has 0 aliphatic carbocycles. The molecular formula is C49H89N3O8S. The van der Waals surface area contributed by atoms with E-state index in [2.05, 4.69) is 30.4 Å². The van der Waals surface area contributed by atoms with Gasteiger partial charge in [0.15, 0.2) is 6.10 Å². The second-order valence-electron chi connectivity index (χ2n) is 16.3. The van der Waals surface area contributed by atoms with E-state index in [-0.39, 0.29) is 49.5 Å². The Labute approximate surface area is 376 Å². The highest BCUT2D eigenvalue weighted by atomic mass is 32.2. The molecule has 0 radical (unpaired) electrons. The molecule has 0 saturated carbocycles. The van der Waals surface area contributed by atoms with Crippen molar-refractivity contribution in [1.82, 2.24) is 15.5 Å². The number of rotatable bonds is 45. The maximum Gasteiger partial charge on any atom is 0.306 e. The maximum atomic E-state index is 12.7. The van der Waals surface area contributed by atoms with Crippen LogP contribution in [0.5, 0.6) is 0 Å². The molecule has 0 aromatic heterocycles. The molecule has 354 valence electrons. The van der Waals surface area contributed by atoms with Gasteiger partial charge >= 0.3 is 11.9 Å². The van der Waals surface area contributed by atoms with Gasteiger partial charge in [-0.3, -0.25) is 24.0 Å².